The Bertz CT molecular complexity index is 1390. The Hall–Kier alpha value is -4.51. The quantitative estimate of drug-likeness (QED) is 0.305. The maximum Gasteiger partial charge on any atom is 0.279 e. The number of nitrogens with zero attached hydrogens (tertiary/aromatic N) is 4. The average molecular weight is 461 g/mol. The molecule has 10 nitrogen and oxygen atoms in total. The molecule has 0 aliphatic heterocycles. The summed E-state index contributed by atoms with van der Waals surface area (Å²) in [7, 11) is 0. The Balaban J connectivity index is 1.62. The molecule has 2 aromatic carbocycles. The number of thiazole rings is 1. The number of non-ortho nitro benzene ring substituents is 1. The highest BCUT2D eigenvalue weighted by Crippen LogP contribution is 2.31. The van der Waals surface area contributed by atoms with Gasteiger partial charge in [0.15, 0.2) is 0 Å². The second kappa shape index (κ2) is 8.93. The lowest BCUT2D eigenvalue weighted by Gasteiger charge is -2.09. The van der Waals surface area contributed by atoms with Crippen molar-refractivity contribution in [2.24, 2.45) is 0 Å². The molecule has 11 heteroatoms. The van der Waals surface area contributed by atoms with Crippen molar-refractivity contribution in [3.8, 4) is 22.0 Å². The first-order valence-electron chi connectivity index (χ1n) is 9.55. The summed E-state index contributed by atoms with van der Waals surface area (Å²) >= 11 is 1.44. The smallest absolute Gasteiger partial charge is 0.279 e. The molecule has 164 valence electrons. The maximum atomic E-state index is 12.8. The van der Waals surface area contributed by atoms with Crippen LogP contribution in [0.2, 0.25) is 0 Å². The topological polar surface area (TPSA) is 141 Å². The van der Waals surface area contributed by atoms with Crippen LogP contribution in [0.15, 0.2) is 66.2 Å². The normalized spacial score (nSPS) is 10.6. The number of nitro benzene ring substituents is 2. The van der Waals surface area contributed by atoms with Gasteiger partial charge >= 0.3 is 0 Å². The first-order chi connectivity index (χ1) is 15.8. The monoisotopic (exact) mass is 461 g/mol. The maximum absolute atomic E-state index is 12.8. The zero-order valence-electron chi connectivity index (χ0n) is 17.1. The van der Waals surface area contributed by atoms with E-state index in [1.807, 2.05) is 29.6 Å². The largest absolute Gasteiger partial charge is 0.322 e. The molecule has 2 heterocycles. The number of nitro groups is 2. The van der Waals surface area contributed by atoms with E-state index in [0.29, 0.717) is 11.4 Å². The van der Waals surface area contributed by atoms with Crippen molar-refractivity contribution in [1.82, 2.24) is 9.97 Å². The minimum atomic E-state index is -0.773. The molecule has 0 spiro atoms. The second-order valence-corrected chi connectivity index (χ2v) is 7.80. The molecule has 4 rings (SSSR count). The first kappa shape index (κ1) is 21.7. The van der Waals surface area contributed by atoms with Gasteiger partial charge in [0.2, 0.25) is 0 Å². The third-order valence-electron chi connectivity index (χ3n) is 4.82. The number of carbonyl (C=O) groups excluding carboxylic acids is 1. The van der Waals surface area contributed by atoms with Crippen molar-refractivity contribution in [3.05, 3.63) is 97.5 Å². The third kappa shape index (κ3) is 4.57. The van der Waals surface area contributed by atoms with Crippen molar-refractivity contribution in [2.45, 2.75) is 6.92 Å². The highest BCUT2D eigenvalue weighted by Gasteiger charge is 2.25. The standard InChI is InChI=1S/C22H15N5O5S/c1-13-17(10-16(26(29)30)11-20(13)27(31)32)21(28)24-15-6-4-5-14(9-15)19-12-33-22(25-19)18-7-2-3-8-23-18/h2-12H,1H3,(H,24,28). The lowest BCUT2D eigenvalue weighted by Crippen LogP contribution is -2.14. The van der Waals surface area contributed by atoms with E-state index < -0.39 is 27.1 Å². The number of hydrogen-bond acceptors (Lipinski definition) is 8. The summed E-state index contributed by atoms with van der Waals surface area (Å²) in [6, 6.07) is 14.3. The van der Waals surface area contributed by atoms with Crippen LogP contribution in [-0.2, 0) is 0 Å². The highest BCUT2D eigenvalue weighted by atomic mass is 32.1. The lowest BCUT2D eigenvalue weighted by molar-refractivity contribution is -0.394. The number of amides is 1. The fourth-order valence-corrected chi connectivity index (χ4v) is 3.99. The molecular formula is C22H15N5O5S. The van der Waals surface area contributed by atoms with Gasteiger partial charge in [-0.05, 0) is 31.2 Å². The van der Waals surface area contributed by atoms with Gasteiger partial charge in [0.05, 0.1) is 32.9 Å². The van der Waals surface area contributed by atoms with E-state index in [0.717, 1.165) is 28.4 Å². The summed E-state index contributed by atoms with van der Waals surface area (Å²) in [5, 5.41) is 27.7. The molecule has 1 amide bonds. The highest BCUT2D eigenvalue weighted by molar-refractivity contribution is 7.13. The third-order valence-corrected chi connectivity index (χ3v) is 5.69. The number of anilines is 1. The zero-order valence-corrected chi connectivity index (χ0v) is 17.9. The van der Waals surface area contributed by atoms with Gasteiger partial charge in [-0.1, -0.05) is 18.2 Å². The Labute approximate surface area is 190 Å². The van der Waals surface area contributed by atoms with Crippen LogP contribution in [0.25, 0.3) is 22.0 Å². The fourth-order valence-electron chi connectivity index (χ4n) is 3.18. The predicted molar refractivity (Wildman–Crippen MR) is 123 cm³/mol. The Kier molecular flexibility index (Phi) is 5.87. The van der Waals surface area contributed by atoms with Crippen LogP contribution in [0.1, 0.15) is 15.9 Å². The van der Waals surface area contributed by atoms with E-state index in [4.69, 9.17) is 0 Å². The minimum absolute atomic E-state index is 0.0405. The van der Waals surface area contributed by atoms with E-state index in [2.05, 4.69) is 15.3 Å². The summed E-state index contributed by atoms with van der Waals surface area (Å²) in [6.07, 6.45) is 1.69. The first-order valence-corrected chi connectivity index (χ1v) is 10.4. The van der Waals surface area contributed by atoms with Crippen molar-refractivity contribution in [1.29, 1.82) is 0 Å². The molecule has 0 unspecified atom stereocenters. The van der Waals surface area contributed by atoms with Crippen LogP contribution in [-0.4, -0.2) is 25.7 Å². The van der Waals surface area contributed by atoms with Crippen molar-refractivity contribution in [2.75, 3.05) is 5.32 Å². The van der Waals surface area contributed by atoms with E-state index in [9.17, 15) is 25.0 Å². The molecule has 0 radical (unpaired) electrons. The molecule has 4 aromatic rings. The molecule has 0 aliphatic rings. The molecule has 0 fully saturated rings. The van der Waals surface area contributed by atoms with Crippen molar-refractivity contribution in [3.63, 3.8) is 0 Å². The van der Waals surface area contributed by atoms with Gasteiger partial charge in [-0.25, -0.2) is 4.98 Å². The van der Waals surface area contributed by atoms with Gasteiger partial charge in [-0.3, -0.25) is 30.0 Å². The van der Waals surface area contributed by atoms with Gasteiger partial charge in [-0.15, -0.1) is 11.3 Å². The van der Waals surface area contributed by atoms with Crippen LogP contribution in [0.4, 0.5) is 17.1 Å². The van der Waals surface area contributed by atoms with Gasteiger partial charge in [0, 0.05) is 34.5 Å². The lowest BCUT2D eigenvalue weighted by atomic mass is 10.0. The van der Waals surface area contributed by atoms with E-state index in [1.165, 1.54) is 18.3 Å². The molecule has 2 aromatic heterocycles. The summed E-state index contributed by atoms with van der Waals surface area (Å²) in [5.41, 5.74) is 1.47. The summed E-state index contributed by atoms with van der Waals surface area (Å²) in [6.45, 7) is 1.38. The summed E-state index contributed by atoms with van der Waals surface area (Å²) < 4.78 is 0. The molecule has 0 aliphatic carbocycles. The minimum Gasteiger partial charge on any atom is -0.322 e. The molecule has 0 atom stereocenters. The number of carbonyl (C=O) groups is 1. The van der Waals surface area contributed by atoms with E-state index >= 15 is 0 Å². The SMILES string of the molecule is Cc1c(C(=O)Nc2cccc(-c3csc(-c4ccccn4)n3)c2)cc([N+](=O)[O-])cc1[N+](=O)[O-]. The van der Waals surface area contributed by atoms with Crippen LogP contribution < -0.4 is 5.32 Å². The zero-order chi connectivity index (χ0) is 23.5. The summed E-state index contributed by atoms with van der Waals surface area (Å²) in [5.74, 6) is -0.691. The summed E-state index contributed by atoms with van der Waals surface area (Å²) in [4.78, 5) is 42.7. The Morgan fingerprint density at radius 2 is 1.82 bits per heavy atom. The number of aromatic nitrogens is 2. The van der Waals surface area contributed by atoms with Gasteiger partial charge in [-0.2, -0.15) is 0 Å². The van der Waals surface area contributed by atoms with Crippen molar-refractivity contribution >= 4 is 34.3 Å². The Morgan fingerprint density at radius 3 is 2.52 bits per heavy atom. The fraction of sp³-hybridized carbons (Fsp3) is 0.0455. The number of hydrogen-bond donors (Lipinski definition) is 1. The van der Waals surface area contributed by atoms with E-state index in [-0.39, 0.29) is 11.1 Å². The average Bonchev–Trinajstić information content (AvgIpc) is 3.30. The molecule has 0 bridgehead atoms. The molecule has 0 saturated carbocycles. The Morgan fingerprint density at radius 1 is 1.00 bits per heavy atom. The number of pyridine rings is 1. The van der Waals surface area contributed by atoms with Gasteiger partial charge in [0.1, 0.15) is 5.01 Å². The molecular weight excluding hydrogens is 446 g/mol. The predicted octanol–water partition coefficient (Wildman–Crippen LogP) is 5.25. The molecule has 1 N–H and O–H groups in total. The number of rotatable bonds is 6. The van der Waals surface area contributed by atoms with Gasteiger partial charge < -0.3 is 5.32 Å². The van der Waals surface area contributed by atoms with Crippen molar-refractivity contribution < 1.29 is 14.6 Å². The van der Waals surface area contributed by atoms with Crippen LogP contribution in [0.3, 0.4) is 0 Å². The number of nitrogens with one attached hydrogen (secondary N) is 1. The molecule has 33 heavy (non-hydrogen) atoms. The molecule has 0 saturated heterocycles. The number of benzene rings is 2. The van der Waals surface area contributed by atoms with Crippen LogP contribution in [0, 0.1) is 27.2 Å². The van der Waals surface area contributed by atoms with E-state index in [1.54, 1.807) is 24.4 Å². The van der Waals surface area contributed by atoms with Crippen LogP contribution in [0.5, 0.6) is 0 Å². The van der Waals surface area contributed by atoms with Crippen LogP contribution >= 0.6 is 11.3 Å². The van der Waals surface area contributed by atoms with Gasteiger partial charge in [0.25, 0.3) is 17.3 Å². The second-order valence-electron chi connectivity index (χ2n) is 6.94.